The van der Waals surface area contributed by atoms with Crippen molar-refractivity contribution in [3.05, 3.63) is 71.3 Å². The molecule has 3 heterocycles. The highest BCUT2D eigenvalue weighted by molar-refractivity contribution is 6.10. The Hall–Kier alpha value is -3.60. The number of amides is 1. The maximum absolute atomic E-state index is 13.4. The Morgan fingerprint density at radius 1 is 1.20 bits per heavy atom. The smallest absolute Gasteiger partial charge is 0.338 e. The highest BCUT2D eigenvalue weighted by Crippen LogP contribution is 2.37. The van der Waals surface area contributed by atoms with Crippen molar-refractivity contribution in [1.29, 1.82) is 5.26 Å². The van der Waals surface area contributed by atoms with Crippen LogP contribution in [0.2, 0.25) is 0 Å². The van der Waals surface area contributed by atoms with E-state index >= 15 is 0 Å². The average Bonchev–Trinajstić information content (AvgIpc) is 3.15. The molecule has 4 rings (SSSR count). The molecule has 0 fully saturated rings. The van der Waals surface area contributed by atoms with Gasteiger partial charge in [-0.2, -0.15) is 18.4 Å². The van der Waals surface area contributed by atoms with Crippen LogP contribution in [-0.2, 0) is 6.18 Å². The van der Waals surface area contributed by atoms with Gasteiger partial charge in [-0.05, 0) is 55.8 Å². The van der Waals surface area contributed by atoms with Crippen LogP contribution < -0.4 is 4.90 Å². The Bertz CT molecular complexity index is 1190. The summed E-state index contributed by atoms with van der Waals surface area (Å²) in [6, 6.07) is 10.3. The molecule has 0 spiro atoms. The number of fused-ring (bicyclic) bond motifs is 1. The molecule has 0 radical (unpaired) electrons. The van der Waals surface area contributed by atoms with Crippen molar-refractivity contribution in [3.8, 4) is 17.2 Å². The minimum absolute atomic E-state index is 0.0952. The summed E-state index contributed by atoms with van der Waals surface area (Å²) in [4.78, 5) is 19.0. The van der Waals surface area contributed by atoms with Crippen LogP contribution in [0.4, 0.5) is 18.9 Å². The van der Waals surface area contributed by atoms with Gasteiger partial charge in [0.1, 0.15) is 5.69 Å². The van der Waals surface area contributed by atoms with Gasteiger partial charge in [-0.25, -0.2) is 0 Å². The summed E-state index contributed by atoms with van der Waals surface area (Å²) in [7, 11) is 0. The first kappa shape index (κ1) is 19.7. The van der Waals surface area contributed by atoms with Gasteiger partial charge in [0.15, 0.2) is 0 Å². The van der Waals surface area contributed by atoms with Crippen LogP contribution in [0.15, 0.2) is 48.8 Å². The van der Waals surface area contributed by atoms with Crippen LogP contribution in [0.25, 0.3) is 11.1 Å². The summed E-state index contributed by atoms with van der Waals surface area (Å²) in [5, 5.41) is 9.20. The molecule has 30 heavy (non-hydrogen) atoms. The zero-order valence-corrected chi connectivity index (χ0v) is 16.2. The third kappa shape index (κ3) is 3.22. The first-order valence-electron chi connectivity index (χ1n) is 9.27. The maximum Gasteiger partial charge on any atom is 0.417 e. The van der Waals surface area contributed by atoms with E-state index in [9.17, 15) is 23.2 Å². The fourth-order valence-electron chi connectivity index (χ4n) is 3.81. The second-order valence-corrected chi connectivity index (χ2v) is 7.28. The molecule has 1 amide bonds. The monoisotopic (exact) mass is 410 g/mol. The molecule has 0 saturated carbocycles. The zero-order chi connectivity index (χ0) is 21.6. The lowest BCUT2D eigenvalue weighted by atomic mass is 10.0. The second kappa shape index (κ2) is 7.02. The van der Waals surface area contributed by atoms with E-state index in [0.29, 0.717) is 5.69 Å². The number of rotatable bonds is 2. The van der Waals surface area contributed by atoms with Crippen LogP contribution in [0.3, 0.4) is 0 Å². The van der Waals surface area contributed by atoms with E-state index < -0.39 is 17.3 Å². The molecular formula is C22H17F3N4O. The molecule has 1 aliphatic heterocycles. The predicted octanol–water partition coefficient (Wildman–Crippen LogP) is 4.97. The van der Waals surface area contributed by atoms with E-state index in [1.807, 2.05) is 42.8 Å². The number of alkyl halides is 3. The molecule has 3 aromatic rings. The number of hydrogen-bond donors (Lipinski definition) is 0. The topological polar surface area (TPSA) is 61.9 Å². The SMILES string of the molecule is Cc1cc(-c2ccn3c2C(=O)N(c2ccc(C(F)(F)F)c(C#N)c2)C[C@@H]3C)ccn1. The van der Waals surface area contributed by atoms with Crippen LogP contribution in [0.1, 0.15) is 40.3 Å². The minimum Gasteiger partial charge on any atom is -0.338 e. The van der Waals surface area contributed by atoms with Gasteiger partial charge in [0.25, 0.3) is 5.91 Å². The van der Waals surface area contributed by atoms with Crippen LogP contribution in [0.5, 0.6) is 0 Å². The van der Waals surface area contributed by atoms with Crippen molar-refractivity contribution in [2.45, 2.75) is 26.1 Å². The zero-order valence-electron chi connectivity index (χ0n) is 16.2. The average molecular weight is 410 g/mol. The number of nitriles is 1. The van der Waals surface area contributed by atoms with Crippen molar-refractivity contribution in [3.63, 3.8) is 0 Å². The van der Waals surface area contributed by atoms with Crippen molar-refractivity contribution in [1.82, 2.24) is 9.55 Å². The van der Waals surface area contributed by atoms with Gasteiger partial charge in [-0.3, -0.25) is 9.78 Å². The molecule has 152 valence electrons. The summed E-state index contributed by atoms with van der Waals surface area (Å²) in [5.74, 6) is -0.328. The highest BCUT2D eigenvalue weighted by atomic mass is 19.4. The third-order valence-corrected chi connectivity index (χ3v) is 5.23. The molecule has 0 aliphatic carbocycles. The number of nitrogens with zero attached hydrogens (tertiary/aromatic N) is 4. The van der Waals surface area contributed by atoms with Crippen molar-refractivity contribution in [2.75, 3.05) is 11.4 Å². The van der Waals surface area contributed by atoms with Crippen molar-refractivity contribution < 1.29 is 18.0 Å². The number of aryl methyl sites for hydroxylation is 1. The largest absolute Gasteiger partial charge is 0.417 e. The van der Waals surface area contributed by atoms with E-state index in [-0.39, 0.29) is 24.2 Å². The van der Waals surface area contributed by atoms with Gasteiger partial charge in [0.2, 0.25) is 0 Å². The van der Waals surface area contributed by atoms with Gasteiger partial charge in [0.05, 0.1) is 17.2 Å². The van der Waals surface area contributed by atoms with Crippen molar-refractivity contribution in [2.24, 2.45) is 0 Å². The lowest BCUT2D eigenvalue weighted by Crippen LogP contribution is -2.42. The molecule has 8 heteroatoms. The van der Waals surface area contributed by atoms with Crippen LogP contribution in [0, 0.1) is 18.3 Å². The molecule has 5 nitrogen and oxygen atoms in total. The fourth-order valence-corrected chi connectivity index (χ4v) is 3.81. The number of hydrogen-bond acceptors (Lipinski definition) is 3. The number of carbonyl (C=O) groups excluding carboxylic acids is 1. The molecule has 1 aliphatic rings. The molecule has 1 aromatic carbocycles. The fraction of sp³-hybridized carbons (Fsp3) is 0.227. The molecular weight excluding hydrogens is 393 g/mol. The van der Waals surface area contributed by atoms with Gasteiger partial charge in [-0.15, -0.1) is 0 Å². The molecule has 1 atom stereocenters. The Kier molecular flexibility index (Phi) is 4.61. The van der Waals surface area contributed by atoms with E-state index in [4.69, 9.17) is 0 Å². The van der Waals surface area contributed by atoms with Gasteiger partial charge < -0.3 is 9.47 Å². The Morgan fingerprint density at radius 2 is 1.97 bits per heavy atom. The lowest BCUT2D eigenvalue weighted by molar-refractivity contribution is -0.137. The van der Waals surface area contributed by atoms with E-state index in [2.05, 4.69) is 4.98 Å². The summed E-state index contributed by atoms with van der Waals surface area (Å²) in [6.07, 6.45) is -1.13. The normalized spacial score (nSPS) is 16.3. The first-order chi connectivity index (χ1) is 14.2. The standard InChI is InChI=1S/C22H17F3N4O/c1-13-9-15(5-7-27-13)18-6-8-28-14(2)12-29(21(30)20(18)28)17-3-4-19(22(23,24)25)16(10-17)11-26/h3-10,14H,12H2,1-2H3/t14-/m0/s1. The van der Waals surface area contributed by atoms with Gasteiger partial charge in [-0.1, -0.05) is 0 Å². The van der Waals surface area contributed by atoms with Gasteiger partial charge in [0, 0.05) is 41.9 Å². The lowest BCUT2D eigenvalue weighted by Gasteiger charge is -2.34. The van der Waals surface area contributed by atoms with E-state index in [1.165, 1.54) is 11.0 Å². The molecule has 0 bridgehead atoms. The summed E-state index contributed by atoms with van der Waals surface area (Å²) in [6.45, 7) is 4.07. The molecule has 2 aromatic heterocycles. The first-order valence-corrected chi connectivity index (χ1v) is 9.27. The maximum atomic E-state index is 13.4. The van der Waals surface area contributed by atoms with Gasteiger partial charge >= 0.3 is 6.18 Å². The second-order valence-electron chi connectivity index (χ2n) is 7.28. The number of benzene rings is 1. The quantitative estimate of drug-likeness (QED) is 0.599. The van der Waals surface area contributed by atoms with Crippen LogP contribution in [-0.4, -0.2) is 22.0 Å². The molecule has 0 saturated heterocycles. The Morgan fingerprint density at radius 3 is 2.63 bits per heavy atom. The highest BCUT2D eigenvalue weighted by Gasteiger charge is 2.36. The minimum atomic E-state index is -4.64. The number of aromatic nitrogens is 2. The molecule has 0 N–H and O–H groups in total. The Labute approximate surface area is 171 Å². The van der Waals surface area contributed by atoms with E-state index in [0.717, 1.165) is 29.0 Å². The van der Waals surface area contributed by atoms with E-state index in [1.54, 1.807) is 12.3 Å². The summed E-state index contributed by atoms with van der Waals surface area (Å²) in [5.41, 5.74) is 1.58. The number of carbonyl (C=O) groups is 1. The number of halogens is 3. The van der Waals surface area contributed by atoms with Crippen LogP contribution >= 0.6 is 0 Å². The number of pyridine rings is 1. The number of anilines is 1. The van der Waals surface area contributed by atoms with Crippen molar-refractivity contribution >= 4 is 11.6 Å². The third-order valence-electron chi connectivity index (χ3n) is 5.23. The summed E-state index contributed by atoms with van der Waals surface area (Å²) >= 11 is 0. The predicted molar refractivity (Wildman–Crippen MR) is 105 cm³/mol. The summed E-state index contributed by atoms with van der Waals surface area (Å²) < 4.78 is 41.3. The Balaban J connectivity index is 1.80. The molecule has 0 unspecified atom stereocenters.